The molecule has 0 atom stereocenters. The first-order valence-corrected chi connectivity index (χ1v) is 8.28. The van der Waals surface area contributed by atoms with Crippen molar-refractivity contribution in [2.24, 2.45) is 5.73 Å². The molecule has 0 saturated heterocycles. The lowest BCUT2D eigenvalue weighted by Gasteiger charge is -2.07. The summed E-state index contributed by atoms with van der Waals surface area (Å²) in [5, 5.41) is 11.6. The lowest BCUT2D eigenvalue weighted by Crippen LogP contribution is -2.32. The molecular formula is C19H17N5O4. The van der Waals surface area contributed by atoms with Crippen molar-refractivity contribution in [1.82, 2.24) is 15.3 Å². The number of primary amides is 1. The molecule has 0 bridgehead atoms. The normalized spacial score (nSPS) is 10.1. The Morgan fingerprint density at radius 2 is 2.00 bits per heavy atom. The molecule has 9 heteroatoms. The highest BCUT2D eigenvalue weighted by atomic mass is 16.5. The summed E-state index contributed by atoms with van der Waals surface area (Å²) in [6.07, 6.45) is 1.60. The van der Waals surface area contributed by atoms with Crippen molar-refractivity contribution < 1.29 is 18.7 Å². The highest BCUT2D eigenvalue weighted by Gasteiger charge is 2.17. The first-order chi connectivity index (χ1) is 13.6. The number of carbonyl (C=O) groups excluding carboxylic acids is 1. The van der Waals surface area contributed by atoms with Crippen molar-refractivity contribution in [2.75, 3.05) is 20.3 Å². The summed E-state index contributed by atoms with van der Waals surface area (Å²) in [4.78, 5) is 19.0. The fourth-order valence-electron chi connectivity index (χ4n) is 2.45. The van der Waals surface area contributed by atoms with Crippen LogP contribution in [-0.2, 0) is 0 Å². The minimum absolute atomic E-state index is 0.0429. The third-order valence-corrected chi connectivity index (χ3v) is 3.73. The van der Waals surface area contributed by atoms with E-state index in [1.54, 1.807) is 42.6 Å². The number of hydrogen-bond acceptors (Lipinski definition) is 7. The number of nitriles is 1. The largest absolute Gasteiger partial charge is 0.492 e. The molecule has 3 rings (SSSR count). The summed E-state index contributed by atoms with van der Waals surface area (Å²) in [6, 6.07) is 11.9. The molecule has 2 aromatic heterocycles. The lowest BCUT2D eigenvalue weighted by molar-refractivity contribution is 0.244. The predicted molar refractivity (Wildman–Crippen MR) is 99.5 cm³/mol. The number of nitrogens with one attached hydrogen (secondary N) is 1. The van der Waals surface area contributed by atoms with Crippen molar-refractivity contribution in [3.8, 4) is 40.3 Å². The van der Waals surface area contributed by atoms with Gasteiger partial charge in [0.05, 0.1) is 13.7 Å². The number of hydrogen-bond donors (Lipinski definition) is 2. The van der Waals surface area contributed by atoms with Crippen molar-refractivity contribution in [1.29, 1.82) is 5.26 Å². The summed E-state index contributed by atoms with van der Waals surface area (Å²) in [7, 11) is 1.53. The molecule has 2 heterocycles. The van der Waals surface area contributed by atoms with Crippen LogP contribution in [0.2, 0.25) is 0 Å². The zero-order chi connectivity index (χ0) is 19.9. The van der Waals surface area contributed by atoms with Gasteiger partial charge in [-0.3, -0.25) is 0 Å². The molecule has 9 nitrogen and oxygen atoms in total. The van der Waals surface area contributed by atoms with E-state index in [-0.39, 0.29) is 12.5 Å². The fourth-order valence-corrected chi connectivity index (χ4v) is 2.45. The maximum Gasteiger partial charge on any atom is 0.312 e. The van der Waals surface area contributed by atoms with Gasteiger partial charge < -0.3 is 24.9 Å². The van der Waals surface area contributed by atoms with Crippen LogP contribution < -0.4 is 20.5 Å². The Balaban J connectivity index is 1.81. The minimum atomic E-state index is -0.599. The van der Waals surface area contributed by atoms with Crippen LogP contribution in [0.5, 0.6) is 11.6 Å². The monoisotopic (exact) mass is 379 g/mol. The number of aromatic nitrogens is 2. The summed E-state index contributed by atoms with van der Waals surface area (Å²) in [5.41, 5.74) is 6.92. The van der Waals surface area contributed by atoms with E-state index in [9.17, 15) is 4.79 Å². The Morgan fingerprint density at radius 3 is 2.61 bits per heavy atom. The van der Waals surface area contributed by atoms with Gasteiger partial charge in [-0.1, -0.05) is 0 Å². The topological polar surface area (TPSA) is 136 Å². The van der Waals surface area contributed by atoms with Crippen LogP contribution in [0.15, 0.2) is 47.0 Å². The molecular weight excluding hydrogens is 362 g/mol. The van der Waals surface area contributed by atoms with Gasteiger partial charge in [0.2, 0.25) is 5.88 Å². The molecule has 0 saturated carbocycles. The number of urea groups is 1. The molecule has 2 amide bonds. The molecule has 0 unspecified atom stereocenters. The number of amides is 2. The second-order valence-corrected chi connectivity index (χ2v) is 5.56. The second-order valence-electron chi connectivity index (χ2n) is 5.56. The molecule has 3 aromatic rings. The van der Waals surface area contributed by atoms with Crippen LogP contribution in [-0.4, -0.2) is 36.3 Å². The van der Waals surface area contributed by atoms with E-state index < -0.39 is 6.03 Å². The van der Waals surface area contributed by atoms with E-state index in [1.165, 1.54) is 7.11 Å². The maximum absolute atomic E-state index is 10.6. The highest BCUT2D eigenvalue weighted by Crippen LogP contribution is 2.33. The van der Waals surface area contributed by atoms with E-state index in [2.05, 4.69) is 15.3 Å². The van der Waals surface area contributed by atoms with Gasteiger partial charge in [0.1, 0.15) is 18.1 Å². The van der Waals surface area contributed by atoms with E-state index in [4.69, 9.17) is 24.9 Å². The number of methoxy groups -OCH3 is 1. The predicted octanol–water partition coefficient (Wildman–Crippen LogP) is 2.33. The van der Waals surface area contributed by atoms with Gasteiger partial charge in [0.15, 0.2) is 11.8 Å². The average Bonchev–Trinajstić information content (AvgIpc) is 3.16. The Bertz CT molecular complexity index is 991. The number of rotatable bonds is 7. The van der Waals surface area contributed by atoms with Crippen LogP contribution in [0.3, 0.4) is 0 Å². The quantitative estimate of drug-likeness (QED) is 0.601. The van der Waals surface area contributed by atoms with E-state index in [0.29, 0.717) is 35.2 Å². The Kier molecular flexibility index (Phi) is 5.72. The number of benzene rings is 1. The standard InChI is InChI=1S/C19H17N5O4/c1-26-15-7-4-13(11-23-15)17-18(28-16(10-20)24-17)12-2-5-14(6-3-12)27-9-8-22-19(21)25/h2-7,11H,8-9H2,1H3,(H3,21,22,25). The average molecular weight is 379 g/mol. The van der Waals surface area contributed by atoms with Crippen molar-refractivity contribution in [3.05, 3.63) is 48.5 Å². The number of oxazole rings is 1. The van der Waals surface area contributed by atoms with Crippen LogP contribution in [0.1, 0.15) is 5.89 Å². The Hall–Kier alpha value is -4.06. The molecule has 1 aromatic carbocycles. The molecule has 0 fully saturated rings. The van der Waals surface area contributed by atoms with Gasteiger partial charge in [0.25, 0.3) is 0 Å². The number of ether oxygens (including phenoxy) is 2. The highest BCUT2D eigenvalue weighted by molar-refractivity contribution is 5.77. The van der Waals surface area contributed by atoms with Crippen LogP contribution in [0, 0.1) is 11.3 Å². The molecule has 0 aliphatic carbocycles. The number of carbonyl (C=O) groups is 1. The summed E-state index contributed by atoms with van der Waals surface area (Å²) < 4.78 is 16.2. The minimum Gasteiger partial charge on any atom is -0.492 e. The molecule has 0 radical (unpaired) electrons. The fraction of sp³-hybridized carbons (Fsp3) is 0.158. The molecule has 28 heavy (non-hydrogen) atoms. The van der Waals surface area contributed by atoms with Crippen molar-refractivity contribution in [3.63, 3.8) is 0 Å². The van der Waals surface area contributed by atoms with Crippen LogP contribution in [0.4, 0.5) is 4.79 Å². The van der Waals surface area contributed by atoms with Gasteiger partial charge in [-0.05, 0) is 30.3 Å². The molecule has 3 N–H and O–H groups in total. The first-order valence-electron chi connectivity index (χ1n) is 8.28. The summed E-state index contributed by atoms with van der Waals surface area (Å²) in [5.74, 6) is 1.49. The Morgan fingerprint density at radius 1 is 1.25 bits per heavy atom. The van der Waals surface area contributed by atoms with E-state index >= 15 is 0 Å². The van der Waals surface area contributed by atoms with Crippen LogP contribution in [0.25, 0.3) is 22.6 Å². The lowest BCUT2D eigenvalue weighted by atomic mass is 10.1. The van der Waals surface area contributed by atoms with E-state index in [1.807, 2.05) is 6.07 Å². The summed E-state index contributed by atoms with van der Waals surface area (Å²) >= 11 is 0. The number of nitrogens with two attached hydrogens (primary N) is 1. The number of pyridine rings is 1. The smallest absolute Gasteiger partial charge is 0.312 e. The zero-order valence-electron chi connectivity index (χ0n) is 15.0. The van der Waals surface area contributed by atoms with Gasteiger partial charge in [-0.25, -0.2) is 9.78 Å². The molecule has 0 aliphatic rings. The zero-order valence-corrected chi connectivity index (χ0v) is 15.0. The molecule has 142 valence electrons. The Labute approximate surface area is 160 Å². The van der Waals surface area contributed by atoms with Gasteiger partial charge in [-0.15, -0.1) is 0 Å². The van der Waals surface area contributed by atoms with E-state index in [0.717, 1.165) is 5.56 Å². The second kappa shape index (κ2) is 8.55. The van der Waals surface area contributed by atoms with Gasteiger partial charge >= 0.3 is 11.9 Å². The van der Waals surface area contributed by atoms with Gasteiger partial charge in [-0.2, -0.15) is 10.2 Å². The molecule has 0 spiro atoms. The first kappa shape index (κ1) is 18.7. The van der Waals surface area contributed by atoms with Gasteiger partial charge in [0, 0.05) is 23.4 Å². The van der Waals surface area contributed by atoms with Crippen LogP contribution >= 0.6 is 0 Å². The SMILES string of the molecule is COc1ccc(-c2nc(C#N)oc2-c2ccc(OCCNC(N)=O)cc2)cn1. The molecule has 0 aliphatic heterocycles. The third-order valence-electron chi connectivity index (χ3n) is 3.73. The van der Waals surface area contributed by atoms with Crippen molar-refractivity contribution in [2.45, 2.75) is 0 Å². The van der Waals surface area contributed by atoms with Crippen molar-refractivity contribution >= 4 is 6.03 Å². The summed E-state index contributed by atoms with van der Waals surface area (Å²) in [6.45, 7) is 0.589. The third kappa shape index (κ3) is 4.37. The number of nitrogens with zero attached hydrogens (tertiary/aromatic N) is 3. The maximum atomic E-state index is 10.6.